The first-order valence-corrected chi connectivity index (χ1v) is 6.97. The minimum atomic E-state index is 0.106. The molecule has 90 valence electrons. The molecular formula is C16H20O. The van der Waals surface area contributed by atoms with E-state index in [0.29, 0.717) is 0 Å². The number of hydrogen-bond acceptors (Lipinski definition) is 1. The van der Waals surface area contributed by atoms with Gasteiger partial charge in [0.1, 0.15) is 6.10 Å². The highest BCUT2D eigenvalue weighted by Crippen LogP contribution is 2.56. The van der Waals surface area contributed by atoms with Gasteiger partial charge in [-0.3, -0.25) is 0 Å². The van der Waals surface area contributed by atoms with E-state index in [1.54, 1.807) is 5.57 Å². The van der Waals surface area contributed by atoms with E-state index in [9.17, 15) is 0 Å². The second-order valence-electron chi connectivity index (χ2n) is 6.19. The predicted molar refractivity (Wildman–Crippen MR) is 68.7 cm³/mol. The second-order valence-corrected chi connectivity index (χ2v) is 6.19. The van der Waals surface area contributed by atoms with Gasteiger partial charge in [-0.2, -0.15) is 0 Å². The highest BCUT2D eigenvalue weighted by molar-refractivity contribution is 5.49. The molecule has 2 heterocycles. The summed E-state index contributed by atoms with van der Waals surface area (Å²) in [7, 11) is 0. The highest BCUT2D eigenvalue weighted by atomic mass is 16.5. The van der Waals surface area contributed by atoms with Crippen LogP contribution in [0.5, 0.6) is 0 Å². The summed E-state index contributed by atoms with van der Waals surface area (Å²) >= 11 is 0. The van der Waals surface area contributed by atoms with Crippen LogP contribution in [0.2, 0.25) is 0 Å². The Morgan fingerprint density at radius 1 is 1.41 bits per heavy atom. The van der Waals surface area contributed by atoms with Crippen molar-refractivity contribution < 1.29 is 4.74 Å². The van der Waals surface area contributed by atoms with Crippen LogP contribution in [-0.2, 0) is 4.74 Å². The normalized spacial score (nSPS) is 43.6. The fourth-order valence-corrected chi connectivity index (χ4v) is 4.59. The second kappa shape index (κ2) is 3.14. The lowest BCUT2D eigenvalue weighted by Gasteiger charge is -2.32. The average molecular weight is 228 g/mol. The minimum absolute atomic E-state index is 0.106. The van der Waals surface area contributed by atoms with Gasteiger partial charge in [-0.15, -0.1) is 0 Å². The largest absolute Gasteiger partial charge is 0.358 e. The molecule has 1 fully saturated rings. The van der Waals surface area contributed by atoms with E-state index < -0.39 is 0 Å². The first-order chi connectivity index (χ1) is 8.21. The first kappa shape index (κ1) is 10.1. The number of ether oxygens (including phenoxy) is 1. The molecule has 0 aromatic carbocycles. The number of allylic oxidation sites excluding steroid dienone is 1. The van der Waals surface area contributed by atoms with Crippen molar-refractivity contribution in [2.75, 3.05) is 0 Å². The molecular weight excluding hydrogens is 208 g/mol. The van der Waals surface area contributed by atoms with Crippen LogP contribution in [0.3, 0.4) is 0 Å². The Labute approximate surface area is 103 Å². The summed E-state index contributed by atoms with van der Waals surface area (Å²) < 4.78 is 6.52. The Kier molecular flexibility index (Phi) is 1.87. The van der Waals surface area contributed by atoms with Crippen LogP contribution in [0.1, 0.15) is 45.4 Å². The molecule has 2 bridgehead atoms. The quantitative estimate of drug-likeness (QED) is 0.571. The van der Waals surface area contributed by atoms with E-state index in [2.05, 4.69) is 19.6 Å². The maximum atomic E-state index is 6.52. The Hall–Kier alpha value is -0.820. The fraction of sp³-hybridized carbons (Fsp3) is 0.625. The molecule has 1 unspecified atom stereocenters. The molecule has 4 aliphatic rings. The minimum Gasteiger partial charge on any atom is -0.358 e. The molecule has 2 aliphatic carbocycles. The lowest BCUT2D eigenvalue weighted by atomic mass is 9.80. The molecule has 17 heavy (non-hydrogen) atoms. The van der Waals surface area contributed by atoms with Gasteiger partial charge in [0.2, 0.25) is 0 Å². The Morgan fingerprint density at radius 2 is 2.29 bits per heavy atom. The molecule has 0 aromatic rings. The van der Waals surface area contributed by atoms with Crippen molar-refractivity contribution >= 4 is 0 Å². The predicted octanol–water partition coefficient (Wildman–Crippen LogP) is 3.92. The van der Waals surface area contributed by atoms with Gasteiger partial charge in [-0.1, -0.05) is 12.2 Å². The Balaban J connectivity index is 1.87. The molecule has 1 spiro atoms. The van der Waals surface area contributed by atoms with E-state index in [1.165, 1.54) is 48.8 Å². The van der Waals surface area contributed by atoms with Crippen molar-refractivity contribution in [2.24, 2.45) is 5.92 Å². The van der Waals surface area contributed by atoms with E-state index in [-0.39, 0.29) is 11.7 Å². The molecule has 0 amide bonds. The van der Waals surface area contributed by atoms with Gasteiger partial charge in [0, 0.05) is 0 Å². The van der Waals surface area contributed by atoms with Crippen LogP contribution in [0, 0.1) is 5.92 Å². The molecule has 1 nitrogen and oxygen atoms in total. The van der Waals surface area contributed by atoms with E-state index in [1.807, 2.05) is 0 Å². The summed E-state index contributed by atoms with van der Waals surface area (Å²) in [6, 6.07) is 0. The Bertz CT molecular complexity index is 468. The van der Waals surface area contributed by atoms with Crippen molar-refractivity contribution in [3.05, 3.63) is 34.9 Å². The molecule has 0 aromatic heterocycles. The number of rotatable bonds is 0. The molecule has 1 heteroatoms. The number of hydrogen-bond donors (Lipinski definition) is 0. The SMILES string of the molecule is C=C1CCC2=C1C1C=C(C)[C@]3(CCC[C@H]3C2)O1. The van der Waals surface area contributed by atoms with Crippen molar-refractivity contribution in [2.45, 2.75) is 57.2 Å². The summed E-state index contributed by atoms with van der Waals surface area (Å²) in [5.41, 5.74) is 6.07. The van der Waals surface area contributed by atoms with Crippen LogP contribution >= 0.6 is 0 Å². The van der Waals surface area contributed by atoms with Crippen LogP contribution in [0.25, 0.3) is 0 Å². The van der Waals surface area contributed by atoms with E-state index in [0.717, 1.165) is 12.3 Å². The first-order valence-electron chi connectivity index (χ1n) is 6.97. The third kappa shape index (κ3) is 1.14. The monoisotopic (exact) mass is 228 g/mol. The topological polar surface area (TPSA) is 9.23 Å². The van der Waals surface area contributed by atoms with Gasteiger partial charge in [0.25, 0.3) is 0 Å². The molecule has 4 rings (SSSR count). The van der Waals surface area contributed by atoms with Crippen LogP contribution in [0.4, 0.5) is 0 Å². The van der Waals surface area contributed by atoms with Crippen LogP contribution in [0.15, 0.2) is 34.9 Å². The molecule has 0 N–H and O–H groups in total. The molecule has 3 atom stereocenters. The molecule has 1 saturated carbocycles. The van der Waals surface area contributed by atoms with Crippen LogP contribution in [-0.4, -0.2) is 11.7 Å². The van der Waals surface area contributed by atoms with Crippen molar-refractivity contribution in [1.82, 2.24) is 0 Å². The van der Waals surface area contributed by atoms with E-state index >= 15 is 0 Å². The molecule has 2 aliphatic heterocycles. The van der Waals surface area contributed by atoms with Crippen molar-refractivity contribution in [3.63, 3.8) is 0 Å². The van der Waals surface area contributed by atoms with Gasteiger partial charge >= 0.3 is 0 Å². The smallest absolute Gasteiger partial charge is 0.102 e. The summed E-state index contributed by atoms with van der Waals surface area (Å²) in [6.07, 6.45) is 10.2. The summed E-state index contributed by atoms with van der Waals surface area (Å²) in [5, 5.41) is 0. The third-order valence-corrected chi connectivity index (χ3v) is 5.43. The number of fused-ring (bicyclic) bond motifs is 2. The van der Waals surface area contributed by atoms with Crippen molar-refractivity contribution in [1.29, 1.82) is 0 Å². The standard InChI is InChI=1S/C16H20O/c1-10-5-6-12-9-13-4-3-7-16(13)11(2)8-14(17-16)15(10)12/h8,13-14H,1,3-7,9H2,2H3/t13-,14?,16-/m0/s1. The van der Waals surface area contributed by atoms with Gasteiger partial charge < -0.3 is 4.74 Å². The van der Waals surface area contributed by atoms with Gasteiger partial charge in [0.15, 0.2) is 0 Å². The van der Waals surface area contributed by atoms with Gasteiger partial charge in [0.05, 0.1) is 5.60 Å². The highest BCUT2D eigenvalue weighted by Gasteiger charge is 2.53. The summed E-state index contributed by atoms with van der Waals surface area (Å²) in [6.45, 7) is 6.53. The van der Waals surface area contributed by atoms with Crippen LogP contribution < -0.4 is 0 Å². The van der Waals surface area contributed by atoms with Gasteiger partial charge in [-0.25, -0.2) is 0 Å². The summed E-state index contributed by atoms with van der Waals surface area (Å²) in [4.78, 5) is 0. The lowest BCUT2D eigenvalue weighted by Crippen LogP contribution is -2.35. The molecule has 0 radical (unpaired) electrons. The zero-order chi connectivity index (χ0) is 11.6. The maximum absolute atomic E-state index is 6.52. The molecule has 0 saturated heterocycles. The lowest BCUT2D eigenvalue weighted by molar-refractivity contribution is -0.0355. The Morgan fingerprint density at radius 3 is 3.18 bits per heavy atom. The summed E-state index contributed by atoms with van der Waals surface area (Å²) in [5.74, 6) is 0.738. The third-order valence-electron chi connectivity index (χ3n) is 5.43. The van der Waals surface area contributed by atoms with Crippen molar-refractivity contribution in [3.8, 4) is 0 Å². The zero-order valence-electron chi connectivity index (χ0n) is 10.6. The average Bonchev–Trinajstić information content (AvgIpc) is 2.90. The maximum Gasteiger partial charge on any atom is 0.102 e. The van der Waals surface area contributed by atoms with E-state index in [4.69, 9.17) is 4.74 Å². The van der Waals surface area contributed by atoms with Gasteiger partial charge in [-0.05, 0) is 74.2 Å². The zero-order valence-corrected chi connectivity index (χ0v) is 10.6. The fourth-order valence-electron chi connectivity index (χ4n) is 4.59.